The lowest BCUT2D eigenvalue weighted by molar-refractivity contribution is -0.120. The molecule has 5 nitrogen and oxygen atoms in total. The first-order chi connectivity index (χ1) is 14.1. The molecule has 0 fully saturated rings. The Balaban J connectivity index is 1.61. The van der Waals surface area contributed by atoms with Gasteiger partial charge in [0.05, 0.1) is 17.6 Å². The summed E-state index contributed by atoms with van der Waals surface area (Å²) in [5, 5.41) is 2.94. The molecule has 3 rings (SSSR count). The van der Waals surface area contributed by atoms with E-state index < -0.39 is 0 Å². The molecular formula is C24H31N3O2. The van der Waals surface area contributed by atoms with Crippen LogP contribution in [0, 0.1) is 13.8 Å². The molecule has 154 valence electrons. The highest BCUT2D eigenvalue weighted by molar-refractivity contribution is 5.76. The largest absolute Gasteiger partial charge is 0.493 e. The minimum Gasteiger partial charge on any atom is -0.493 e. The fourth-order valence-electron chi connectivity index (χ4n) is 3.43. The van der Waals surface area contributed by atoms with Crippen LogP contribution in [0.15, 0.2) is 42.5 Å². The molecule has 0 radical (unpaired) electrons. The molecule has 3 aromatic rings. The van der Waals surface area contributed by atoms with Gasteiger partial charge >= 0.3 is 0 Å². The van der Waals surface area contributed by atoms with E-state index in [9.17, 15) is 4.79 Å². The maximum atomic E-state index is 11.4. The van der Waals surface area contributed by atoms with Crippen molar-refractivity contribution in [2.75, 3.05) is 13.2 Å². The molecule has 1 aromatic heterocycles. The average Bonchev–Trinajstić information content (AvgIpc) is 3.08. The SMILES string of the molecule is CCC(=O)NCCCc1nc2ccccc2n1CCCOc1cc(C)ccc1C. The lowest BCUT2D eigenvalue weighted by atomic mass is 10.1. The van der Waals surface area contributed by atoms with E-state index in [1.807, 2.05) is 13.0 Å². The van der Waals surface area contributed by atoms with E-state index in [2.05, 4.69) is 60.1 Å². The number of rotatable bonds is 10. The van der Waals surface area contributed by atoms with Crippen molar-refractivity contribution in [2.45, 2.75) is 53.0 Å². The van der Waals surface area contributed by atoms with Crippen molar-refractivity contribution in [3.8, 4) is 5.75 Å². The first-order valence-corrected chi connectivity index (χ1v) is 10.5. The van der Waals surface area contributed by atoms with Crippen LogP contribution < -0.4 is 10.1 Å². The number of ether oxygens (including phenoxy) is 1. The zero-order chi connectivity index (χ0) is 20.6. The summed E-state index contributed by atoms with van der Waals surface area (Å²) in [4.78, 5) is 16.2. The number of hydrogen-bond donors (Lipinski definition) is 1. The summed E-state index contributed by atoms with van der Waals surface area (Å²) >= 11 is 0. The molecule has 1 heterocycles. The fourth-order valence-corrected chi connectivity index (χ4v) is 3.43. The number of para-hydroxylation sites is 2. The molecule has 0 saturated heterocycles. The molecule has 0 unspecified atom stereocenters. The van der Waals surface area contributed by atoms with Gasteiger partial charge in [-0.05, 0) is 56.0 Å². The van der Waals surface area contributed by atoms with Gasteiger partial charge in [0.1, 0.15) is 11.6 Å². The van der Waals surface area contributed by atoms with Gasteiger partial charge in [-0.3, -0.25) is 4.79 Å². The Morgan fingerprint density at radius 3 is 2.79 bits per heavy atom. The first kappa shape index (κ1) is 20.9. The van der Waals surface area contributed by atoms with Gasteiger partial charge in [0.2, 0.25) is 5.91 Å². The van der Waals surface area contributed by atoms with E-state index in [0.29, 0.717) is 19.6 Å². The molecule has 29 heavy (non-hydrogen) atoms. The highest BCUT2D eigenvalue weighted by atomic mass is 16.5. The van der Waals surface area contributed by atoms with Gasteiger partial charge in [0.15, 0.2) is 0 Å². The van der Waals surface area contributed by atoms with Crippen LogP contribution >= 0.6 is 0 Å². The molecule has 0 aliphatic heterocycles. The van der Waals surface area contributed by atoms with E-state index in [1.54, 1.807) is 0 Å². The first-order valence-electron chi connectivity index (χ1n) is 10.5. The number of nitrogens with one attached hydrogen (secondary N) is 1. The number of aromatic nitrogens is 2. The van der Waals surface area contributed by atoms with Gasteiger partial charge in [-0.1, -0.05) is 31.2 Å². The van der Waals surface area contributed by atoms with Gasteiger partial charge in [-0.15, -0.1) is 0 Å². The summed E-state index contributed by atoms with van der Waals surface area (Å²) in [6, 6.07) is 14.6. The van der Waals surface area contributed by atoms with Crippen LogP contribution in [-0.2, 0) is 17.8 Å². The second-order valence-corrected chi connectivity index (χ2v) is 7.45. The Labute approximate surface area is 173 Å². The van der Waals surface area contributed by atoms with Crippen LogP contribution in [-0.4, -0.2) is 28.6 Å². The molecule has 1 amide bonds. The smallest absolute Gasteiger partial charge is 0.219 e. The van der Waals surface area contributed by atoms with Crippen molar-refractivity contribution < 1.29 is 9.53 Å². The standard InChI is InChI=1S/C24H31N3O2/c1-4-24(28)25-14-7-11-23-26-20-9-5-6-10-21(20)27(23)15-8-16-29-22-17-18(2)12-13-19(22)3/h5-6,9-10,12-13,17H,4,7-8,11,14-16H2,1-3H3,(H,25,28). The molecule has 0 spiro atoms. The van der Waals surface area contributed by atoms with Crippen molar-refractivity contribution in [1.82, 2.24) is 14.9 Å². The lowest BCUT2D eigenvalue weighted by Crippen LogP contribution is -2.23. The number of nitrogens with zero attached hydrogens (tertiary/aromatic N) is 2. The van der Waals surface area contributed by atoms with Crippen LogP contribution in [0.2, 0.25) is 0 Å². The van der Waals surface area contributed by atoms with Gasteiger partial charge in [0.25, 0.3) is 0 Å². The minimum absolute atomic E-state index is 0.0992. The van der Waals surface area contributed by atoms with E-state index in [1.165, 1.54) is 11.1 Å². The van der Waals surface area contributed by atoms with E-state index in [0.717, 1.165) is 48.4 Å². The van der Waals surface area contributed by atoms with Crippen LogP contribution in [0.3, 0.4) is 0 Å². The zero-order valence-electron chi connectivity index (χ0n) is 17.7. The van der Waals surface area contributed by atoms with Crippen LogP contribution in [0.25, 0.3) is 11.0 Å². The quantitative estimate of drug-likeness (QED) is 0.513. The van der Waals surface area contributed by atoms with Crippen molar-refractivity contribution >= 4 is 16.9 Å². The number of hydrogen-bond acceptors (Lipinski definition) is 3. The molecule has 0 atom stereocenters. The highest BCUT2D eigenvalue weighted by Gasteiger charge is 2.10. The fraction of sp³-hybridized carbons (Fsp3) is 0.417. The molecule has 5 heteroatoms. The Kier molecular flexibility index (Phi) is 7.28. The van der Waals surface area contributed by atoms with Crippen molar-refractivity contribution in [2.24, 2.45) is 0 Å². The van der Waals surface area contributed by atoms with Gasteiger partial charge in [-0.25, -0.2) is 4.98 Å². The van der Waals surface area contributed by atoms with Gasteiger partial charge in [0, 0.05) is 25.9 Å². The third kappa shape index (κ3) is 5.59. The van der Waals surface area contributed by atoms with E-state index >= 15 is 0 Å². The third-order valence-electron chi connectivity index (χ3n) is 5.08. The number of benzene rings is 2. The summed E-state index contributed by atoms with van der Waals surface area (Å²) < 4.78 is 8.32. The topological polar surface area (TPSA) is 56.2 Å². The molecule has 0 saturated carbocycles. The zero-order valence-corrected chi connectivity index (χ0v) is 17.7. The molecule has 0 aliphatic carbocycles. The number of aryl methyl sites for hydroxylation is 4. The summed E-state index contributed by atoms with van der Waals surface area (Å²) in [6.45, 7) is 8.25. The number of carbonyl (C=O) groups is 1. The summed E-state index contributed by atoms with van der Waals surface area (Å²) in [6.07, 6.45) is 3.16. The highest BCUT2D eigenvalue weighted by Crippen LogP contribution is 2.20. The normalized spacial score (nSPS) is 11.0. The van der Waals surface area contributed by atoms with Crippen LogP contribution in [0.5, 0.6) is 5.75 Å². The number of amides is 1. The minimum atomic E-state index is 0.0992. The molecule has 0 bridgehead atoms. The van der Waals surface area contributed by atoms with Gasteiger partial charge in [-0.2, -0.15) is 0 Å². The summed E-state index contributed by atoms with van der Waals surface area (Å²) in [5.74, 6) is 2.14. The Morgan fingerprint density at radius 1 is 1.14 bits per heavy atom. The Morgan fingerprint density at radius 2 is 1.97 bits per heavy atom. The van der Waals surface area contributed by atoms with Crippen molar-refractivity contribution in [3.63, 3.8) is 0 Å². The predicted octanol–water partition coefficient (Wildman–Crippen LogP) is 4.58. The summed E-state index contributed by atoms with van der Waals surface area (Å²) in [5.41, 5.74) is 4.56. The van der Waals surface area contributed by atoms with Crippen LogP contribution in [0.4, 0.5) is 0 Å². The number of carbonyl (C=O) groups excluding carboxylic acids is 1. The second kappa shape index (κ2) is 10.1. The van der Waals surface area contributed by atoms with Crippen LogP contribution in [0.1, 0.15) is 43.1 Å². The van der Waals surface area contributed by atoms with Gasteiger partial charge < -0.3 is 14.6 Å². The monoisotopic (exact) mass is 393 g/mol. The predicted molar refractivity (Wildman–Crippen MR) is 117 cm³/mol. The maximum absolute atomic E-state index is 11.4. The Bertz CT molecular complexity index is 962. The summed E-state index contributed by atoms with van der Waals surface area (Å²) in [7, 11) is 0. The molecular weight excluding hydrogens is 362 g/mol. The molecule has 0 aliphatic rings. The second-order valence-electron chi connectivity index (χ2n) is 7.45. The molecule has 2 aromatic carbocycles. The average molecular weight is 394 g/mol. The molecule has 1 N–H and O–H groups in total. The maximum Gasteiger partial charge on any atom is 0.219 e. The van der Waals surface area contributed by atoms with E-state index in [4.69, 9.17) is 9.72 Å². The van der Waals surface area contributed by atoms with Crippen molar-refractivity contribution in [1.29, 1.82) is 0 Å². The van der Waals surface area contributed by atoms with Crippen molar-refractivity contribution in [3.05, 3.63) is 59.4 Å². The lowest BCUT2D eigenvalue weighted by Gasteiger charge is -2.12. The third-order valence-corrected chi connectivity index (χ3v) is 5.08. The number of fused-ring (bicyclic) bond motifs is 1. The Hall–Kier alpha value is -2.82. The number of imidazole rings is 1. The van der Waals surface area contributed by atoms with E-state index in [-0.39, 0.29) is 5.91 Å².